The van der Waals surface area contributed by atoms with Gasteiger partial charge in [-0.2, -0.15) is 0 Å². The maximum atomic E-state index is 12.5. The summed E-state index contributed by atoms with van der Waals surface area (Å²) in [7, 11) is 0. The fourth-order valence-corrected chi connectivity index (χ4v) is 12.3. The van der Waals surface area contributed by atoms with E-state index in [1.54, 1.807) is 0 Å². The minimum atomic E-state index is -0.662. The maximum Gasteiger partial charge on any atom is 0.305 e. The van der Waals surface area contributed by atoms with E-state index < -0.39 is 12.1 Å². The number of carbonyl (C=O) groups excluding carboxylic acids is 2. The third kappa shape index (κ3) is 67.7. The Balaban J connectivity index is 3.33. The number of rotatable bonds is 72. The summed E-state index contributed by atoms with van der Waals surface area (Å²) in [5.41, 5.74) is 0. The van der Waals surface area contributed by atoms with E-state index in [1.807, 2.05) is 0 Å². The number of aliphatic hydroxyl groups excluding tert-OH is 2. The lowest BCUT2D eigenvalue weighted by atomic mass is 10.0. The van der Waals surface area contributed by atoms with E-state index in [0.717, 1.165) is 38.5 Å². The largest absolute Gasteiger partial charge is 0.466 e. The number of allylic oxidation sites excluding steroid dienone is 2. The molecule has 0 radical (unpaired) electrons. The molecule has 0 aromatic carbocycles. The van der Waals surface area contributed by atoms with Crippen molar-refractivity contribution in [3.05, 3.63) is 12.2 Å². The molecule has 82 heavy (non-hydrogen) atoms. The number of unbranched alkanes of at least 4 members (excludes halogenated alkanes) is 59. The van der Waals surface area contributed by atoms with Crippen molar-refractivity contribution in [3.8, 4) is 0 Å². The Hall–Kier alpha value is -1.40. The number of aliphatic hydroxyl groups is 2. The molecule has 488 valence electrons. The molecule has 0 aliphatic rings. The average molecular weight is 1160 g/mol. The predicted octanol–water partition coefficient (Wildman–Crippen LogP) is 24.7. The number of carbonyl (C=O) groups is 2. The van der Waals surface area contributed by atoms with Crippen LogP contribution in [0.4, 0.5) is 0 Å². The van der Waals surface area contributed by atoms with Crippen LogP contribution in [-0.2, 0) is 14.3 Å². The second-order valence-corrected chi connectivity index (χ2v) is 26.3. The van der Waals surface area contributed by atoms with Gasteiger partial charge in [0.05, 0.1) is 25.4 Å². The highest BCUT2D eigenvalue weighted by Crippen LogP contribution is 2.20. The summed E-state index contributed by atoms with van der Waals surface area (Å²) < 4.78 is 5.51. The van der Waals surface area contributed by atoms with E-state index in [1.165, 1.54) is 366 Å². The quantitative estimate of drug-likeness (QED) is 0.0320. The summed E-state index contributed by atoms with van der Waals surface area (Å²) in [5.74, 6) is -0.00558. The van der Waals surface area contributed by atoms with E-state index in [9.17, 15) is 19.8 Å². The van der Waals surface area contributed by atoms with Gasteiger partial charge < -0.3 is 20.3 Å². The molecule has 0 rings (SSSR count). The van der Waals surface area contributed by atoms with Crippen LogP contribution in [0.3, 0.4) is 0 Å². The summed E-state index contributed by atoms with van der Waals surface area (Å²) in [6.07, 6.45) is 90.0. The first-order valence-electron chi connectivity index (χ1n) is 37.9. The summed E-state index contributed by atoms with van der Waals surface area (Å²) in [5, 5.41) is 23.4. The van der Waals surface area contributed by atoms with Crippen molar-refractivity contribution >= 4 is 11.9 Å². The molecule has 0 bridgehead atoms. The zero-order chi connectivity index (χ0) is 59.2. The van der Waals surface area contributed by atoms with Crippen molar-refractivity contribution in [2.24, 2.45) is 0 Å². The summed E-state index contributed by atoms with van der Waals surface area (Å²) in [4.78, 5) is 24.6. The van der Waals surface area contributed by atoms with E-state index in [4.69, 9.17) is 4.74 Å². The lowest BCUT2D eigenvalue weighted by molar-refractivity contribution is -0.143. The lowest BCUT2D eigenvalue weighted by Gasteiger charge is -2.22. The normalized spacial score (nSPS) is 12.5. The van der Waals surface area contributed by atoms with Gasteiger partial charge in [0.2, 0.25) is 5.91 Å². The van der Waals surface area contributed by atoms with Crippen LogP contribution in [0.5, 0.6) is 0 Å². The lowest BCUT2D eigenvalue weighted by Crippen LogP contribution is -2.45. The van der Waals surface area contributed by atoms with Crippen LogP contribution in [0, 0.1) is 0 Å². The van der Waals surface area contributed by atoms with Crippen LogP contribution in [0.25, 0.3) is 0 Å². The van der Waals surface area contributed by atoms with Crippen LogP contribution >= 0.6 is 0 Å². The molecular weight excluding hydrogens is 1010 g/mol. The Morgan fingerprint density at radius 3 is 0.866 bits per heavy atom. The van der Waals surface area contributed by atoms with Gasteiger partial charge in [0, 0.05) is 12.8 Å². The van der Waals surface area contributed by atoms with Crippen molar-refractivity contribution in [2.45, 2.75) is 450 Å². The van der Waals surface area contributed by atoms with Crippen LogP contribution in [-0.4, -0.2) is 47.4 Å². The van der Waals surface area contributed by atoms with Crippen molar-refractivity contribution in [1.82, 2.24) is 5.32 Å². The molecule has 0 saturated heterocycles. The highest BCUT2D eigenvalue weighted by atomic mass is 16.5. The molecule has 0 aromatic heterocycles. The molecule has 1 amide bonds. The summed E-state index contributed by atoms with van der Waals surface area (Å²) in [6, 6.07) is -0.539. The molecule has 0 aliphatic carbocycles. The Bertz CT molecular complexity index is 1240. The fourth-order valence-electron chi connectivity index (χ4n) is 12.3. The molecule has 3 N–H and O–H groups in total. The first-order valence-corrected chi connectivity index (χ1v) is 37.9. The summed E-state index contributed by atoms with van der Waals surface area (Å²) in [6.45, 7) is 5.01. The number of nitrogens with one attached hydrogen (secondary N) is 1. The molecule has 6 nitrogen and oxygen atoms in total. The van der Waals surface area contributed by atoms with Gasteiger partial charge in [0.25, 0.3) is 0 Å². The zero-order valence-corrected chi connectivity index (χ0v) is 56.0. The second-order valence-electron chi connectivity index (χ2n) is 26.3. The molecule has 0 saturated carbocycles. The highest BCUT2D eigenvalue weighted by Gasteiger charge is 2.20. The van der Waals surface area contributed by atoms with Crippen molar-refractivity contribution in [1.29, 1.82) is 0 Å². The van der Waals surface area contributed by atoms with E-state index >= 15 is 0 Å². The second kappa shape index (κ2) is 72.1. The summed E-state index contributed by atoms with van der Waals surface area (Å²) >= 11 is 0. The molecule has 0 fully saturated rings. The third-order valence-corrected chi connectivity index (χ3v) is 18.1. The Morgan fingerprint density at radius 2 is 0.573 bits per heavy atom. The minimum Gasteiger partial charge on any atom is -0.466 e. The van der Waals surface area contributed by atoms with Crippen LogP contribution < -0.4 is 5.32 Å². The van der Waals surface area contributed by atoms with Gasteiger partial charge in [-0.05, 0) is 51.4 Å². The predicted molar refractivity (Wildman–Crippen MR) is 361 cm³/mol. The SMILES string of the molecule is CCCCCCCCCCCCCCCCCCCCC(=O)OCCCCCCCCCCCCCC/C=C\CCCCCCCCCCCCCCCCCC(=O)NC(CO)C(O)CCCCCCCCCCCCCCCCCC. The minimum absolute atomic E-state index is 0.0233. The first kappa shape index (κ1) is 80.6. The van der Waals surface area contributed by atoms with E-state index in [0.29, 0.717) is 25.9 Å². The molecule has 0 spiro atoms. The topological polar surface area (TPSA) is 95.9 Å². The van der Waals surface area contributed by atoms with Crippen LogP contribution in [0.15, 0.2) is 12.2 Å². The van der Waals surface area contributed by atoms with Gasteiger partial charge in [0.1, 0.15) is 0 Å². The number of hydrogen-bond acceptors (Lipinski definition) is 5. The van der Waals surface area contributed by atoms with Gasteiger partial charge in [0.15, 0.2) is 0 Å². The van der Waals surface area contributed by atoms with Crippen LogP contribution in [0.1, 0.15) is 438 Å². The maximum absolute atomic E-state index is 12.5. The van der Waals surface area contributed by atoms with Crippen molar-refractivity contribution in [2.75, 3.05) is 13.2 Å². The number of amides is 1. The zero-order valence-electron chi connectivity index (χ0n) is 56.0. The molecular formula is C76H149NO5. The molecule has 2 atom stereocenters. The van der Waals surface area contributed by atoms with Crippen molar-refractivity contribution < 1.29 is 24.5 Å². The Morgan fingerprint density at radius 1 is 0.329 bits per heavy atom. The Kier molecular flexibility index (Phi) is 70.8. The number of esters is 1. The van der Waals surface area contributed by atoms with Gasteiger partial charge in [-0.25, -0.2) is 0 Å². The highest BCUT2D eigenvalue weighted by molar-refractivity contribution is 5.76. The standard InChI is InChI=1S/C76H149NO5/c1-3-5-7-9-11-13-15-17-19-21-38-42-46-50-54-58-62-66-70-76(81)82-71-67-63-59-55-51-47-43-39-36-34-32-30-28-26-24-22-23-25-27-29-31-33-35-37-41-45-49-53-57-61-65-69-75(80)77-73(72-78)74(79)68-64-60-56-52-48-44-40-20-18-16-14-12-10-8-6-4-2/h24,26,73-74,78-79H,3-23,25,27-72H2,1-2H3,(H,77,80)/b26-24-. The van der Waals surface area contributed by atoms with Crippen LogP contribution in [0.2, 0.25) is 0 Å². The molecule has 0 heterocycles. The smallest absolute Gasteiger partial charge is 0.305 e. The number of ether oxygens (including phenoxy) is 1. The van der Waals surface area contributed by atoms with Crippen molar-refractivity contribution in [3.63, 3.8) is 0 Å². The molecule has 0 aromatic rings. The third-order valence-electron chi connectivity index (χ3n) is 18.1. The fraction of sp³-hybridized carbons (Fsp3) is 0.947. The molecule has 6 heteroatoms. The van der Waals surface area contributed by atoms with Gasteiger partial charge in [-0.1, -0.05) is 386 Å². The first-order chi connectivity index (χ1) is 40.5. The number of hydrogen-bond donors (Lipinski definition) is 3. The van der Waals surface area contributed by atoms with E-state index in [2.05, 4.69) is 31.3 Å². The van der Waals surface area contributed by atoms with Gasteiger partial charge >= 0.3 is 5.97 Å². The van der Waals surface area contributed by atoms with Gasteiger partial charge in [-0.3, -0.25) is 9.59 Å². The molecule has 0 aliphatic heterocycles. The molecule has 2 unspecified atom stereocenters. The van der Waals surface area contributed by atoms with Gasteiger partial charge in [-0.15, -0.1) is 0 Å². The average Bonchev–Trinajstić information content (AvgIpc) is 3.48. The monoisotopic (exact) mass is 1160 g/mol. The van der Waals surface area contributed by atoms with E-state index in [-0.39, 0.29) is 18.5 Å². The Labute approximate surface area is 514 Å².